The number of aliphatic hydroxyl groups is 2. The molecule has 2 saturated heterocycles. The molecule has 7 heteroatoms. The fourth-order valence-corrected chi connectivity index (χ4v) is 2.78. The van der Waals surface area contributed by atoms with Gasteiger partial charge in [0.1, 0.15) is 24.4 Å². The Balaban J connectivity index is 1.75. The lowest BCUT2D eigenvalue weighted by Crippen LogP contribution is -2.66. The summed E-state index contributed by atoms with van der Waals surface area (Å²) in [4.78, 5) is 11.2. The summed E-state index contributed by atoms with van der Waals surface area (Å²) >= 11 is 0. The predicted molar refractivity (Wildman–Crippen MR) is 74.5 cm³/mol. The van der Waals surface area contributed by atoms with Gasteiger partial charge in [0.05, 0.1) is 6.61 Å². The van der Waals surface area contributed by atoms with E-state index in [4.69, 9.17) is 14.2 Å². The lowest BCUT2D eigenvalue weighted by Gasteiger charge is -2.46. The number of aliphatic hydroxyl groups excluding tert-OH is 2. The molecule has 1 amide bonds. The number of amides is 1. The number of fused-ring (bicyclic) bond motifs is 1. The lowest BCUT2D eigenvalue weighted by atomic mass is 9.96. The van der Waals surface area contributed by atoms with Crippen molar-refractivity contribution >= 4 is 5.91 Å². The van der Waals surface area contributed by atoms with Gasteiger partial charge < -0.3 is 29.7 Å². The van der Waals surface area contributed by atoms with Gasteiger partial charge in [-0.05, 0) is 0 Å². The number of hydrogen-bond acceptors (Lipinski definition) is 6. The van der Waals surface area contributed by atoms with Crippen LogP contribution in [-0.2, 0) is 19.0 Å². The minimum atomic E-state index is -1.30. The molecule has 0 spiro atoms. The molecule has 7 nitrogen and oxygen atoms in total. The van der Waals surface area contributed by atoms with E-state index in [0.717, 1.165) is 5.56 Å². The van der Waals surface area contributed by atoms with Gasteiger partial charge in [-0.3, -0.25) is 4.79 Å². The molecular weight excluding hydrogens is 290 g/mol. The van der Waals surface area contributed by atoms with Gasteiger partial charge in [-0.25, -0.2) is 0 Å². The van der Waals surface area contributed by atoms with E-state index >= 15 is 0 Å². The second-order valence-corrected chi connectivity index (χ2v) is 5.46. The van der Waals surface area contributed by atoms with E-state index in [1.54, 1.807) is 0 Å². The Kier molecular flexibility index (Phi) is 4.42. The standard InChI is InChI=1S/C15H19NO6/c1-8(17)16-11-12(18)13-10(21-14(11)19)7-20-15(22-13)9-5-3-2-4-6-9/h2-6,10-15,18-19H,7H2,1H3,(H,16,17)/t10-,11+,12+,13+,14+,15-/m0/s1. The van der Waals surface area contributed by atoms with E-state index in [0.29, 0.717) is 0 Å². The molecule has 0 unspecified atom stereocenters. The van der Waals surface area contributed by atoms with Crippen LogP contribution in [0, 0.1) is 0 Å². The topological polar surface area (TPSA) is 97.3 Å². The van der Waals surface area contributed by atoms with Crippen LogP contribution in [0.4, 0.5) is 0 Å². The van der Waals surface area contributed by atoms with Crippen molar-refractivity contribution in [1.29, 1.82) is 0 Å². The summed E-state index contributed by atoms with van der Waals surface area (Å²) in [5.41, 5.74) is 0.829. The second-order valence-electron chi connectivity index (χ2n) is 5.46. The van der Waals surface area contributed by atoms with E-state index in [9.17, 15) is 15.0 Å². The maximum Gasteiger partial charge on any atom is 0.217 e. The number of carbonyl (C=O) groups is 1. The molecule has 22 heavy (non-hydrogen) atoms. The van der Waals surface area contributed by atoms with Crippen molar-refractivity contribution in [2.24, 2.45) is 0 Å². The molecule has 3 rings (SSSR count). The van der Waals surface area contributed by atoms with Gasteiger partial charge in [0.2, 0.25) is 5.91 Å². The highest BCUT2D eigenvalue weighted by Crippen LogP contribution is 2.33. The number of ether oxygens (including phenoxy) is 3. The van der Waals surface area contributed by atoms with Crippen molar-refractivity contribution in [3.63, 3.8) is 0 Å². The molecule has 2 aliphatic heterocycles. The van der Waals surface area contributed by atoms with Crippen LogP contribution in [0.3, 0.4) is 0 Å². The van der Waals surface area contributed by atoms with Crippen LogP contribution < -0.4 is 5.32 Å². The Morgan fingerprint density at radius 3 is 2.64 bits per heavy atom. The Morgan fingerprint density at radius 2 is 1.95 bits per heavy atom. The molecule has 2 heterocycles. The van der Waals surface area contributed by atoms with Gasteiger partial charge in [0.15, 0.2) is 12.6 Å². The Bertz CT molecular complexity index is 524. The third-order valence-electron chi connectivity index (χ3n) is 3.83. The summed E-state index contributed by atoms with van der Waals surface area (Å²) in [7, 11) is 0. The number of rotatable bonds is 2. The molecule has 2 aliphatic rings. The van der Waals surface area contributed by atoms with E-state index in [1.807, 2.05) is 30.3 Å². The molecule has 0 aliphatic carbocycles. The highest BCUT2D eigenvalue weighted by atomic mass is 16.7. The molecule has 1 aromatic rings. The van der Waals surface area contributed by atoms with Crippen LogP contribution in [0.1, 0.15) is 18.8 Å². The largest absolute Gasteiger partial charge is 0.388 e. The van der Waals surface area contributed by atoms with Crippen LogP contribution in [0.15, 0.2) is 30.3 Å². The molecular formula is C15H19NO6. The first-order valence-electron chi connectivity index (χ1n) is 7.17. The van der Waals surface area contributed by atoms with Crippen LogP contribution in [-0.4, -0.2) is 53.4 Å². The highest BCUT2D eigenvalue weighted by molar-refractivity contribution is 5.73. The normalized spacial score (nSPS) is 38.1. The van der Waals surface area contributed by atoms with E-state index in [2.05, 4.69) is 5.32 Å². The van der Waals surface area contributed by atoms with E-state index in [1.165, 1.54) is 6.92 Å². The summed E-state index contributed by atoms with van der Waals surface area (Å²) in [6, 6.07) is 8.41. The summed E-state index contributed by atoms with van der Waals surface area (Å²) < 4.78 is 16.8. The SMILES string of the molecule is CC(=O)N[C@@H]1[C@@H](O)[C@@H]2O[C@@H](c3ccccc3)OC[C@@H]2O[C@H]1O. The molecule has 0 saturated carbocycles. The third kappa shape index (κ3) is 2.99. The predicted octanol–water partition coefficient (Wildman–Crippen LogP) is -0.317. The average Bonchev–Trinajstić information content (AvgIpc) is 2.52. The van der Waals surface area contributed by atoms with Crippen molar-refractivity contribution in [2.45, 2.75) is 43.9 Å². The Hall–Kier alpha value is -1.51. The van der Waals surface area contributed by atoms with Gasteiger partial charge in [-0.1, -0.05) is 30.3 Å². The van der Waals surface area contributed by atoms with Gasteiger partial charge in [-0.15, -0.1) is 0 Å². The number of nitrogens with one attached hydrogen (secondary N) is 1. The fraction of sp³-hybridized carbons (Fsp3) is 0.533. The zero-order valence-corrected chi connectivity index (χ0v) is 12.1. The molecule has 3 N–H and O–H groups in total. The average molecular weight is 309 g/mol. The molecule has 0 bridgehead atoms. The zero-order valence-electron chi connectivity index (χ0n) is 12.1. The van der Waals surface area contributed by atoms with E-state index in [-0.39, 0.29) is 12.5 Å². The maximum absolute atomic E-state index is 11.2. The molecule has 120 valence electrons. The van der Waals surface area contributed by atoms with Crippen molar-refractivity contribution in [3.8, 4) is 0 Å². The first-order valence-corrected chi connectivity index (χ1v) is 7.17. The van der Waals surface area contributed by atoms with Crippen molar-refractivity contribution in [3.05, 3.63) is 35.9 Å². The number of benzene rings is 1. The van der Waals surface area contributed by atoms with Gasteiger partial charge in [0.25, 0.3) is 0 Å². The first-order chi connectivity index (χ1) is 10.6. The maximum atomic E-state index is 11.2. The Morgan fingerprint density at radius 1 is 1.23 bits per heavy atom. The molecule has 0 aromatic heterocycles. The first kappa shape index (κ1) is 15.4. The Labute approximate surface area is 127 Å². The molecule has 1 aromatic carbocycles. The summed E-state index contributed by atoms with van der Waals surface area (Å²) in [6.07, 6.45) is -4.29. The van der Waals surface area contributed by atoms with Gasteiger partial charge in [-0.2, -0.15) is 0 Å². The minimum Gasteiger partial charge on any atom is -0.388 e. The molecule has 6 atom stereocenters. The zero-order chi connectivity index (χ0) is 15.7. The van der Waals surface area contributed by atoms with Crippen LogP contribution in [0.5, 0.6) is 0 Å². The fourth-order valence-electron chi connectivity index (χ4n) is 2.78. The second kappa shape index (κ2) is 6.31. The van der Waals surface area contributed by atoms with E-state index < -0.39 is 36.9 Å². The van der Waals surface area contributed by atoms with Crippen molar-refractivity contribution in [1.82, 2.24) is 5.32 Å². The molecule has 2 fully saturated rings. The number of hydrogen-bond donors (Lipinski definition) is 3. The smallest absolute Gasteiger partial charge is 0.217 e. The highest BCUT2D eigenvalue weighted by Gasteiger charge is 2.49. The monoisotopic (exact) mass is 309 g/mol. The van der Waals surface area contributed by atoms with Crippen molar-refractivity contribution in [2.75, 3.05) is 6.61 Å². The van der Waals surface area contributed by atoms with Crippen LogP contribution in [0.2, 0.25) is 0 Å². The summed E-state index contributed by atoms with van der Waals surface area (Å²) in [5, 5.41) is 22.8. The summed E-state index contributed by atoms with van der Waals surface area (Å²) in [6.45, 7) is 1.49. The quantitative estimate of drug-likeness (QED) is 0.693. The molecule has 0 radical (unpaired) electrons. The summed E-state index contributed by atoms with van der Waals surface area (Å²) in [5.74, 6) is -0.364. The lowest BCUT2D eigenvalue weighted by molar-refractivity contribution is -0.337. The third-order valence-corrected chi connectivity index (χ3v) is 3.83. The van der Waals surface area contributed by atoms with Crippen molar-refractivity contribution < 1.29 is 29.2 Å². The van der Waals surface area contributed by atoms with Crippen LogP contribution >= 0.6 is 0 Å². The van der Waals surface area contributed by atoms with Gasteiger partial charge >= 0.3 is 0 Å². The number of carbonyl (C=O) groups excluding carboxylic acids is 1. The van der Waals surface area contributed by atoms with Gasteiger partial charge in [0, 0.05) is 12.5 Å². The minimum absolute atomic E-state index is 0.186. The van der Waals surface area contributed by atoms with Crippen LogP contribution in [0.25, 0.3) is 0 Å².